The number of halogens is 1. The Morgan fingerprint density at radius 2 is 2.29 bits per heavy atom. The average Bonchev–Trinajstić information content (AvgIpc) is 2.31. The van der Waals surface area contributed by atoms with E-state index < -0.39 is 0 Å². The zero-order valence-electron chi connectivity index (χ0n) is 10.6. The summed E-state index contributed by atoms with van der Waals surface area (Å²) in [4.78, 5) is 2.44. The van der Waals surface area contributed by atoms with E-state index in [9.17, 15) is 0 Å². The summed E-state index contributed by atoms with van der Waals surface area (Å²) in [6.07, 6.45) is 2.51. The van der Waals surface area contributed by atoms with Gasteiger partial charge in [-0.05, 0) is 51.1 Å². The average molecular weight is 297 g/mol. The van der Waals surface area contributed by atoms with Crippen molar-refractivity contribution >= 4 is 15.9 Å². The Morgan fingerprint density at radius 3 is 3.00 bits per heavy atom. The molecule has 0 amide bonds. The van der Waals surface area contributed by atoms with Gasteiger partial charge in [0.1, 0.15) is 0 Å². The van der Waals surface area contributed by atoms with E-state index in [0.717, 1.165) is 11.0 Å². The highest BCUT2D eigenvalue weighted by Gasteiger charge is 2.21. The zero-order chi connectivity index (χ0) is 12.3. The molecule has 0 saturated carbocycles. The number of benzene rings is 1. The molecule has 1 aromatic carbocycles. The largest absolute Gasteiger partial charge is 0.310 e. The van der Waals surface area contributed by atoms with E-state index in [1.54, 1.807) is 0 Å². The fourth-order valence-electron chi connectivity index (χ4n) is 2.38. The smallest absolute Gasteiger partial charge is 0.0208 e. The molecule has 1 aliphatic rings. The molecule has 1 N–H and O–H groups in total. The van der Waals surface area contributed by atoms with E-state index in [1.165, 1.54) is 24.9 Å². The first-order valence-electron chi connectivity index (χ1n) is 6.33. The van der Waals surface area contributed by atoms with Gasteiger partial charge in [-0.25, -0.2) is 0 Å². The molecule has 1 aliphatic heterocycles. The molecule has 1 heterocycles. The van der Waals surface area contributed by atoms with Crippen LogP contribution in [0.3, 0.4) is 0 Å². The Bertz CT molecular complexity index is 367. The molecular weight excluding hydrogens is 276 g/mol. The van der Waals surface area contributed by atoms with Gasteiger partial charge in [0.05, 0.1) is 0 Å². The van der Waals surface area contributed by atoms with Crippen molar-refractivity contribution in [1.82, 2.24) is 10.2 Å². The van der Waals surface area contributed by atoms with Crippen LogP contribution >= 0.6 is 15.9 Å². The van der Waals surface area contributed by atoms with Gasteiger partial charge in [-0.15, -0.1) is 0 Å². The summed E-state index contributed by atoms with van der Waals surface area (Å²) in [5, 5.41) is 3.67. The molecule has 2 nitrogen and oxygen atoms in total. The lowest BCUT2D eigenvalue weighted by Crippen LogP contribution is -2.45. The van der Waals surface area contributed by atoms with E-state index in [2.05, 4.69) is 64.4 Å². The number of nitrogens with one attached hydrogen (secondary N) is 1. The van der Waals surface area contributed by atoms with Gasteiger partial charge in [-0.3, -0.25) is 0 Å². The molecule has 0 radical (unpaired) electrons. The minimum Gasteiger partial charge on any atom is -0.310 e. The third-order valence-corrected chi connectivity index (χ3v) is 4.19. The highest BCUT2D eigenvalue weighted by atomic mass is 79.9. The third kappa shape index (κ3) is 3.80. The molecule has 2 atom stereocenters. The van der Waals surface area contributed by atoms with E-state index >= 15 is 0 Å². The van der Waals surface area contributed by atoms with Gasteiger partial charge < -0.3 is 10.2 Å². The molecular formula is C14H21BrN2. The molecule has 94 valence electrons. The van der Waals surface area contributed by atoms with Gasteiger partial charge in [0.15, 0.2) is 0 Å². The van der Waals surface area contributed by atoms with Crippen LogP contribution in [0.5, 0.6) is 0 Å². The van der Waals surface area contributed by atoms with Gasteiger partial charge in [-0.2, -0.15) is 0 Å². The summed E-state index contributed by atoms with van der Waals surface area (Å²) in [5.74, 6) is 0. The van der Waals surface area contributed by atoms with Crippen LogP contribution in [0, 0.1) is 0 Å². The SMILES string of the molecule is CC1CC(NCc2cccc(Br)c2)CCN1C. The van der Waals surface area contributed by atoms with Gasteiger partial charge in [0, 0.05) is 23.1 Å². The number of piperidine rings is 1. The summed E-state index contributed by atoms with van der Waals surface area (Å²) in [5.41, 5.74) is 1.35. The first kappa shape index (κ1) is 13.1. The fourth-order valence-corrected chi connectivity index (χ4v) is 2.83. The van der Waals surface area contributed by atoms with Crippen LogP contribution < -0.4 is 5.32 Å². The van der Waals surface area contributed by atoms with Crippen LogP contribution in [0.15, 0.2) is 28.7 Å². The Morgan fingerprint density at radius 1 is 1.47 bits per heavy atom. The van der Waals surface area contributed by atoms with Gasteiger partial charge >= 0.3 is 0 Å². The van der Waals surface area contributed by atoms with Crippen molar-refractivity contribution < 1.29 is 0 Å². The minimum atomic E-state index is 0.667. The van der Waals surface area contributed by atoms with Crippen molar-refractivity contribution in [2.45, 2.75) is 38.4 Å². The minimum absolute atomic E-state index is 0.667. The monoisotopic (exact) mass is 296 g/mol. The number of rotatable bonds is 3. The van der Waals surface area contributed by atoms with Crippen LogP contribution in [-0.2, 0) is 6.54 Å². The molecule has 3 heteroatoms. The maximum absolute atomic E-state index is 3.67. The van der Waals surface area contributed by atoms with Gasteiger partial charge in [0.2, 0.25) is 0 Å². The molecule has 0 aliphatic carbocycles. The number of hydrogen-bond donors (Lipinski definition) is 1. The third-order valence-electron chi connectivity index (χ3n) is 3.69. The number of nitrogens with zero attached hydrogens (tertiary/aromatic N) is 1. The van der Waals surface area contributed by atoms with E-state index in [1.807, 2.05) is 0 Å². The number of likely N-dealkylation sites (tertiary alicyclic amines) is 1. The molecule has 0 aromatic heterocycles. The number of hydrogen-bond acceptors (Lipinski definition) is 2. The van der Waals surface area contributed by atoms with Gasteiger partial charge in [-0.1, -0.05) is 28.1 Å². The Balaban J connectivity index is 1.82. The van der Waals surface area contributed by atoms with E-state index in [4.69, 9.17) is 0 Å². The quantitative estimate of drug-likeness (QED) is 0.922. The maximum atomic E-state index is 3.67. The molecule has 17 heavy (non-hydrogen) atoms. The van der Waals surface area contributed by atoms with Crippen molar-refractivity contribution in [1.29, 1.82) is 0 Å². The summed E-state index contributed by atoms with van der Waals surface area (Å²) in [6.45, 7) is 4.49. The van der Waals surface area contributed by atoms with Gasteiger partial charge in [0.25, 0.3) is 0 Å². The predicted molar refractivity (Wildman–Crippen MR) is 76.1 cm³/mol. The lowest BCUT2D eigenvalue weighted by atomic mass is 9.99. The van der Waals surface area contributed by atoms with Crippen molar-refractivity contribution in [2.75, 3.05) is 13.6 Å². The lowest BCUT2D eigenvalue weighted by molar-refractivity contribution is 0.168. The first-order chi connectivity index (χ1) is 8.15. The highest BCUT2D eigenvalue weighted by Crippen LogP contribution is 2.16. The Labute approximate surface area is 113 Å². The lowest BCUT2D eigenvalue weighted by Gasteiger charge is -2.35. The van der Waals surface area contributed by atoms with Crippen LogP contribution in [0.25, 0.3) is 0 Å². The molecule has 1 saturated heterocycles. The molecule has 2 rings (SSSR count). The van der Waals surface area contributed by atoms with Crippen LogP contribution in [-0.4, -0.2) is 30.6 Å². The topological polar surface area (TPSA) is 15.3 Å². The second kappa shape index (κ2) is 5.98. The maximum Gasteiger partial charge on any atom is 0.0208 e. The summed E-state index contributed by atoms with van der Waals surface area (Å²) >= 11 is 3.51. The highest BCUT2D eigenvalue weighted by molar-refractivity contribution is 9.10. The van der Waals surface area contributed by atoms with E-state index in [0.29, 0.717) is 12.1 Å². The Hall–Kier alpha value is -0.380. The van der Waals surface area contributed by atoms with Crippen LogP contribution in [0.2, 0.25) is 0 Å². The molecule has 0 bridgehead atoms. The van der Waals surface area contributed by atoms with Crippen LogP contribution in [0.4, 0.5) is 0 Å². The molecule has 1 fully saturated rings. The van der Waals surface area contributed by atoms with Crippen molar-refractivity contribution in [2.24, 2.45) is 0 Å². The first-order valence-corrected chi connectivity index (χ1v) is 7.12. The molecule has 1 aromatic rings. The Kier molecular flexibility index (Phi) is 4.60. The summed E-state index contributed by atoms with van der Waals surface area (Å²) < 4.78 is 1.16. The van der Waals surface area contributed by atoms with Crippen LogP contribution in [0.1, 0.15) is 25.3 Å². The zero-order valence-corrected chi connectivity index (χ0v) is 12.2. The predicted octanol–water partition coefficient (Wildman–Crippen LogP) is 3.02. The second-order valence-corrected chi connectivity index (χ2v) is 5.98. The fraction of sp³-hybridized carbons (Fsp3) is 0.571. The van der Waals surface area contributed by atoms with Crippen molar-refractivity contribution in [3.8, 4) is 0 Å². The van der Waals surface area contributed by atoms with Crippen molar-refractivity contribution in [3.05, 3.63) is 34.3 Å². The van der Waals surface area contributed by atoms with Crippen molar-refractivity contribution in [3.63, 3.8) is 0 Å². The van der Waals surface area contributed by atoms with E-state index in [-0.39, 0.29) is 0 Å². The standard InChI is InChI=1S/C14H21BrN2/c1-11-8-14(6-7-17(11)2)16-10-12-4-3-5-13(15)9-12/h3-5,9,11,14,16H,6-8,10H2,1-2H3. The summed E-state index contributed by atoms with van der Waals surface area (Å²) in [7, 11) is 2.22. The molecule has 0 spiro atoms. The summed E-state index contributed by atoms with van der Waals surface area (Å²) in [6, 6.07) is 9.89. The second-order valence-electron chi connectivity index (χ2n) is 5.06. The molecule has 2 unspecified atom stereocenters. The normalized spacial score (nSPS) is 26.1.